The first-order valence-corrected chi connectivity index (χ1v) is 6.69. The lowest BCUT2D eigenvalue weighted by Crippen LogP contribution is -2.25. The molecule has 1 N–H and O–H groups in total. The van der Waals surface area contributed by atoms with Crippen LogP contribution in [0.15, 0.2) is 45.2 Å². The molecule has 1 aliphatic carbocycles. The van der Waals surface area contributed by atoms with E-state index in [1.807, 2.05) is 30.3 Å². The third-order valence-electron chi connectivity index (χ3n) is 3.01. The summed E-state index contributed by atoms with van der Waals surface area (Å²) in [5.41, 5.74) is 5.90. The van der Waals surface area contributed by atoms with E-state index in [2.05, 4.69) is 26.0 Å². The van der Waals surface area contributed by atoms with E-state index >= 15 is 0 Å². The first-order chi connectivity index (χ1) is 10.7. The number of nitrogens with zero attached hydrogens (tertiary/aromatic N) is 4. The van der Waals surface area contributed by atoms with E-state index in [0.717, 1.165) is 5.69 Å². The minimum absolute atomic E-state index is 0.451. The molecule has 1 aromatic heterocycles. The molecule has 0 aliphatic heterocycles. The van der Waals surface area contributed by atoms with Crippen molar-refractivity contribution in [3.05, 3.63) is 41.7 Å². The van der Waals surface area contributed by atoms with Crippen molar-refractivity contribution >= 4 is 23.1 Å². The second kappa shape index (κ2) is 6.17. The molecule has 22 heavy (non-hydrogen) atoms. The van der Waals surface area contributed by atoms with Gasteiger partial charge in [0.05, 0.1) is 5.69 Å². The van der Waals surface area contributed by atoms with Crippen molar-refractivity contribution in [1.29, 1.82) is 0 Å². The van der Waals surface area contributed by atoms with Crippen LogP contribution in [-0.4, -0.2) is 27.7 Å². The lowest BCUT2D eigenvalue weighted by atomic mass is 9.97. The van der Waals surface area contributed by atoms with Crippen LogP contribution in [0.5, 0.6) is 0 Å². The molecule has 1 heterocycles. The quantitative estimate of drug-likeness (QED) is 0.684. The van der Waals surface area contributed by atoms with Gasteiger partial charge in [-0.2, -0.15) is 5.10 Å². The molecule has 8 heteroatoms. The van der Waals surface area contributed by atoms with Crippen molar-refractivity contribution in [3.63, 3.8) is 0 Å². The molecular weight excluding hydrogens is 286 g/mol. The van der Waals surface area contributed by atoms with Gasteiger partial charge in [-0.3, -0.25) is 5.43 Å². The van der Waals surface area contributed by atoms with Crippen molar-refractivity contribution in [2.45, 2.75) is 19.8 Å². The van der Waals surface area contributed by atoms with Gasteiger partial charge in [-0.1, -0.05) is 28.5 Å². The molecule has 0 unspecified atom stereocenters. The molecule has 2 aromatic rings. The van der Waals surface area contributed by atoms with Crippen LogP contribution in [0.4, 0.5) is 5.69 Å². The summed E-state index contributed by atoms with van der Waals surface area (Å²) in [6.45, 7) is 1.29. The summed E-state index contributed by atoms with van der Waals surface area (Å²) in [5, 5.41) is 15.8. The summed E-state index contributed by atoms with van der Waals surface area (Å²) in [6.07, 6.45) is 1.13. The summed E-state index contributed by atoms with van der Waals surface area (Å²) in [5.74, 6) is -0.494. The Labute approximate surface area is 125 Å². The van der Waals surface area contributed by atoms with Crippen LogP contribution in [0.1, 0.15) is 24.7 Å². The standard InChI is InChI=1S/C14H13N5O3/c1-9(20)21-17-11-7-8-12-14(19-22-18-12)13(11)16-15-10-5-3-2-4-6-10/h2-6,15H,7-8H2,1H3/b16-13-,17-11+. The van der Waals surface area contributed by atoms with E-state index in [1.165, 1.54) is 6.92 Å². The van der Waals surface area contributed by atoms with E-state index in [0.29, 0.717) is 35.7 Å². The Morgan fingerprint density at radius 2 is 2.09 bits per heavy atom. The number of nitrogens with one attached hydrogen (secondary N) is 1. The maximum atomic E-state index is 10.9. The second-order valence-corrected chi connectivity index (χ2v) is 4.62. The molecule has 0 spiro atoms. The van der Waals surface area contributed by atoms with E-state index in [4.69, 9.17) is 9.47 Å². The molecule has 1 aromatic carbocycles. The van der Waals surface area contributed by atoms with Gasteiger partial charge in [-0.05, 0) is 17.3 Å². The Balaban J connectivity index is 1.92. The fraction of sp³-hybridized carbons (Fsp3) is 0.214. The van der Waals surface area contributed by atoms with E-state index in [9.17, 15) is 4.79 Å². The van der Waals surface area contributed by atoms with Gasteiger partial charge in [0.15, 0.2) is 5.69 Å². The van der Waals surface area contributed by atoms with Crippen molar-refractivity contribution in [1.82, 2.24) is 10.3 Å². The number of hydrazone groups is 1. The van der Waals surface area contributed by atoms with Crippen LogP contribution in [-0.2, 0) is 16.1 Å². The molecule has 0 fully saturated rings. The fourth-order valence-electron chi connectivity index (χ4n) is 2.00. The lowest BCUT2D eigenvalue weighted by Gasteiger charge is -2.12. The monoisotopic (exact) mass is 299 g/mol. The largest absolute Gasteiger partial charge is 0.331 e. The molecular formula is C14H13N5O3. The predicted octanol–water partition coefficient (Wildman–Crippen LogP) is 1.75. The van der Waals surface area contributed by atoms with Gasteiger partial charge in [0.1, 0.15) is 17.1 Å². The van der Waals surface area contributed by atoms with Crippen LogP contribution in [0, 0.1) is 0 Å². The second-order valence-electron chi connectivity index (χ2n) is 4.62. The molecule has 112 valence electrons. The molecule has 1 aliphatic rings. The van der Waals surface area contributed by atoms with Crippen LogP contribution in [0.25, 0.3) is 0 Å². The minimum atomic E-state index is -0.494. The summed E-state index contributed by atoms with van der Waals surface area (Å²) in [4.78, 5) is 15.7. The zero-order valence-electron chi connectivity index (χ0n) is 11.8. The number of oxime groups is 1. The molecule has 8 nitrogen and oxygen atoms in total. The maximum absolute atomic E-state index is 10.9. The van der Waals surface area contributed by atoms with Crippen LogP contribution >= 0.6 is 0 Å². The maximum Gasteiger partial charge on any atom is 0.331 e. The topological polar surface area (TPSA) is 102 Å². The Morgan fingerprint density at radius 1 is 1.27 bits per heavy atom. The number of rotatable bonds is 3. The Morgan fingerprint density at radius 3 is 2.86 bits per heavy atom. The molecule has 0 radical (unpaired) electrons. The molecule has 0 saturated carbocycles. The molecule has 3 rings (SSSR count). The van der Waals surface area contributed by atoms with Crippen LogP contribution in [0.3, 0.4) is 0 Å². The highest BCUT2D eigenvalue weighted by Gasteiger charge is 2.27. The zero-order valence-corrected chi connectivity index (χ0v) is 11.8. The number of fused-ring (bicyclic) bond motifs is 1. The highest BCUT2D eigenvalue weighted by molar-refractivity contribution is 6.48. The lowest BCUT2D eigenvalue weighted by molar-refractivity contribution is -0.140. The van der Waals surface area contributed by atoms with Gasteiger partial charge in [-0.15, -0.1) is 0 Å². The zero-order chi connectivity index (χ0) is 15.4. The van der Waals surface area contributed by atoms with Crippen molar-refractivity contribution in [3.8, 4) is 0 Å². The summed E-state index contributed by atoms with van der Waals surface area (Å²) in [7, 11) is 0. The normalized spacial score (nSPS) is 17.3. The number of hydrogen-bond donors (Lipinski definition) is 1. The number of carbonyl (C=O) groups is 1. The first-order valence-electron chi connectivity index (χ1n) is 6.69. The number of carbonyl (C=O) groups excluding carboxylic acids is 1. The highest BCUT2D eigenvalue weighted by Crippen LogP contribution is 2.18. The smallest absolute Gasteiger partial charge is 0.318 e. The number of anilines is 1. The number of benzene rings is 1. The Bertz CT molecular complexity index is 736. The average molecular weight is 299 g/mol. The summed E-state index contributed by atoms with van der Waals surface area (Å²) >= 11 is 0. The number of para-hydroxylation sites is 1. The van der Waals surface area contributed by atoms with Crippen molar-refractivity contribution in [2.75, 3.05) is 5.43 Å². The van der Waals surface area contributed by atoms with Gasteiger partial charge in [0.2, 0.25) is 0 Å². The van der Waals surface area contributed by atoms with Crippen LogP contribution < -0.4 is 5.43 Å². The highest BCUT2D eigenvalue weighted by atomic mass is 16.7. The van der Waals surface area contributed by atoms with Gasteiger partial charge in [0, 0.05) is 19.8 Å². The van der Waals surface area contributed by atoms with E-state index in [1.54, 1.807) is 0 Å². The predicted molar refractivity (Wildman–Crippen MR) is 78.4 cm³/mol. The Kier molecular flexibility index (Phi) is 3.90. The summed E-state index contributed by atoms with van der Waals surface area (Å²) < 4.78 is 4.75. The van der Waals surface area contributed by atoms with Crippen molar-refractivity contribution < 1.29 is 14.3 Å². The first kappa shape index (κ1) is 13.9. The van der Waals surface area contributed by atoms with Gasteiger partial charge in [-0.25, -0.2) is 9.42 Å². The van der Waals surface area contributed by atoms with Gasteiger partial charge < -0.3 is 4.84 Å². The molecule has 0 saturated heterocycles. The fourth-order valence-corrected chi connectivity index (χ4v) is 2.00. The number of hydrogen-bond acceptors (Lipinski definition) is 8. The van der Waals surface area contributed by atoms with E-state index < -0.39 is 5.97 Å². The Hall–Kier alpha value is -3.03. The SMILES string of the molecule is CC(=O)O/N=C1\CCc2nonc2\C1=N/Nc1ccccc1. The molecule has 0 bridgehead atoms. The van der Waals surface area contributed by atoms with E-state index in [-0.39, 0.29) is 0 Å². The minimum Gasteiger partial charge on any atom is -0.318 e. The van der Waals surface area contributed by atoms with Gasteiger partial charge >= 0.3 is 5.97 Å². The summed E-state index contributed by atoms with van der Waals surface area (Å²) in [6, 6.07) is 9.43. The number of aromatic nitrogens is 2. The number of aryl methyl sites for hydroxylation is 1. The average Bonchev–Trinajstić information content (AvgIpc) is 3.00. The van der Waals surface area contributed by atoms with Crippen LogP contribution in [0.2, 0.25) is 0 Å². The third-order valence-corrected chi connectivity index (χ3v) is 3.01. The van der Waals surface area contributed by atoms with Crippen molar-refractivity contribution in [2.24, 2.45) is 10.3 Å². The molecule has 0 amide bonds. The van der Waals surface area contributed by atoms with Gasteiger partial charge in [0.25, 0.3) is 0 Å². The third kappa shape index (κ3) is 3.00. The molecule has 0 atom stereocenters.